The van der Waals surface area contributed by atoms with Gasteiger partial charge in [-0.3, -0.25) is 0 Å². The molecule has 2 rings (SSSR count). The Labute approximate surface area is 99.9 Å². The molecule has 0 N–H and O–H groups in total. The Morgan fingerprint density at radius 1 is 1.27 bits per heavy atom. The fourth-order valence-corrected chi connectivity index (χ4v) is 2.29. The molecule has 6 heteroatoms. The highest BCUT2D eigenvalue weighted by Gasteiger charge is 2.09. The third kappa shape index (κ3) is 2.10. The van der Waals surface area contributed by atoms with E-state index < -0.39 is 0 Å². The van der Waals surface area contributed by atoms with Crippen molar-refractivity contribution < 1.29 is 0 Å². The van der Waals surface area contributed by atoms with Gasteiger partial charge in [0.05, 0.1) is 0 Å². The molecule has 0 atom stereocenters. The molecule has 0 aliphatic rings. The van der Waals surface area contributed by atoms with E-state index in [1.165, 1.54) is 11.3 Å². The van der Waals surface area contributed by atoms with Crippen LogP contribution in [0.15, 0.2) is 18.2 Å². The first-order valence-corrected chi connectivity index (χ1v) is 5.47. The topological polar surface area (TPSA) is 49.6 Å². The van der Waals surface area contributed by atoms with E-state index in [4.69, 9.17) is 28.5 Å². The van der Waals surface area contributed by atoms with E-state index in [1.54, 1.807) is 12.1 Å². The highest BCUT2D eigenvalue weighted by atomic mass is 35.5. The van der Waals surface area contributed by atoms with Crippen LogP contribution >= 0.6 is 34.5 Å². The summed E-state index contributed by atoms with van der Waals surface area (Å²) in [4.78, 5) is 1.47. The molecule has 15 heavy (non-hydrogen) atoms. The zero-order valence-corrected chi connectivity index (χ0v) is 9.57. The van der Waals surface area contributed by atoms with Crippen molar-refractivity contribution in [2.45, 2.75) is 0 Å². The second-order valence-corrected chi connectivity index (χ2v) is 4.48. The summed E-state index contributed by atoms with van der Waals surface area (Å²) < 4.78 is 0. The number of thiophene rings is 1. The molecule has 0 spiro atoms. The van der Waals surface area contributed by atoms with Gasteiger partial charge in [-0.1, -0.05) is 23.2 Å². The standard InChI is InChI=1S/C9H3Cl2N3S/c10-8-3-6(9(11)14-13-8)7-2-1-5(4-12)15-7/h1-3H. The van der Waals surface area contributed by atoms with Crippen LogP contribution in [0.2, 0.25) is 10.3 Å². The Hall–Kier alpha value is -1.15. The number of halogens is 2. The van der Waals surface area contributed by atoms with Crippen molar-refractivity contribution in [2.75, 3.05) is 0 Å². The van der Waals surface area contributed by atoms with Crippen LogP contribution < -0.4 is 0 Å². The lowest BCUT2D eigenvalue weighted by Gasteiger charge is -1.98. The molecule has 0 saturated carbocycles. The van der Waals surface area contributed by atoms with Gasteiger partial charge in [0.2, 0.25) is 0 Å². The van der Waals surface area contributed by atoms with Crippen LogP contribution in [-0.2, 0) is 0 Å². The van der Waals surface area contributed by atoms with Crippen LogP contribution in [0.25, 0.3) is 10.4 Å². The molecule has 0 aromatic carbocycles. The number of hydrogen-bond donors (Lipinski definition) is 0. The fourth-order valence-electron chi connectivity index (χ4n) is 1.07. The molecule has 0 fully saturated rings. The maximum absolute atomic E-state index is 8.70. The molecular weight excluding hydrogens is 253 g/mol. The second kappa shape index (κ2) is 4.15. The van der Waals surface area contributed by atoms with E-state index >= 15 is 0 Å². The van der Waals surface area contributed by atoms with Gasteiger partial charge in [-0.05, 0) is 18.2 Å². The SMILES string of the molecule is N#Cc1ccc(-c2cc(Cl)nnc2Cl)s1. The molecular formula is C9H3Cl2N3S. The summed E-state index contributed by atoms with van der Waals surface area (Å²) in [6, 6.07) is 7.22. The molecule has 2 aromatic rings. The third-order valence-electron chi connectivity index (χ3n) is 1.70. The van der Waals surface area contributed by atoms with E-state index in [0.717, 1.165) is 4.88 Å². The first kappa shape index (κ1) is 10.4. The van der Waals surface area contributed by atoms with E-state index in [0.29, 0.717) is 10.4 Å². The Bertz CT molecular complexity index is 545. The number of rotatable bonds is 1. The summed E-state index contributed by atoms with van der Waals surface area (Å²) in [5.74, 6) is 0. The van der Waals surface area contributed by atoms with Crippen LogP contribution in [0.4, 0.5) is 0 Å². The Morgan fingerprint density at radius 3 is 2.73 bits per heavy atom. The van der Waals surface area contributed by atoms with Gasteiger partial charge in [0.15, 0.2) is 10.3 Å². The minimum Gasteiger partial charge on any atom is -0.192 e. The molecule has 2 heterocycles. The fraction of sp³-hybridized carbons (Fsp3) is 0. The summed E-state index contributed by atoms with van der Waals surface area (Å²) in [6.45, 7) is 0. The predicted octanol–water partition coefficient (Wildman–Crippen LogP) is 3.38. The predicted molar refractivity (Wildman–Crippen MR) is 60.1 cm³/mol. The average molecular weight is 256 g/mol. The molecule has 74 valence electrons. The zero-order valence-electron chi connectivity index (χ0n) is 7.24. The summed E-state index contributed by atoms with van der Waals surface area (Å²) in [5, 5.41) is 16.6. The zero-order chi connectivity index (χ0) is 10.8. The first-order chi connectivity index (χ1) is 7.20. The van der Waals surface area contributed by atoms with E-state index in [2.05, 4.69) is 16.3 Å². The lowest BCUT2D eigenvalue weighted by atomic mass is 10.2. The normalized spacial score (nSPS) is 9.93. The van der Waals surface area contributed by atoms with Gasteiger partial charge in [0.25, 0.3) is 0 Å². The molecule has 2 aromatic heterocycles. The van der Waals surface area contributed by atoms with Crippen LogP contribution in [-0.4, -0.2) is 10.2 Å². The van der Waals surface area contributed by atoms with Crippen LogP contribution in [0.3, 0.4) is 0 Å². The van der Waals surface area contributed by atoms with E-state index in [-0.39, 0.29) is 10.3 Å². The molecule has 0 amide bonds. The van der Waals surface area contributed by atoms with Crippen molar-refractivity contribution in [1.29, 1.82) is 5.26 Å². The van der Waals surface area contributed by atoms with Crippen molar-refractivity contribution in [3.8, 4) is 16.5 Å². The quantitative estimate of drug-likeness (QED) is 0.785. The number of nitriles is 1. The smallest absolute Gasteiger partial charge is 0.160 e. The van der Waals surface area contributed by atoms with Crippen LogP contribution in [0.1, 0.15) is 4.88 Å². The Kier molecular flexibility index (Phi) is 2.87. The van der Waals surface area contributed by atoms with Crippen molar-refractivity contribution >= 4 is 34.5 Å². The van der Waals surface area contributed by atoms with E-state index in [9.17, 15) is 0 Å². The van der Waals surface area contributed by atoms with Crippen molar-refractivity contribution in [3.63, 3.8) is 0 Å². The monoisotopic (exact) mass is 255 g/mol. The molecule has 0 bridgehead atoms. The summed E-state index contributed by atoms with van der Waals surface area (Å²) in [6.07, 6.45) is 0. The van der Waals surface area contributed by atoms with Gasteiger partial charge in [0, 0.05) is 10.4 Å². The minimum atomic E-state index is 0.279. The highest BCUT2D eigenvalue weighted by Crippen LogP contribution is 2.32. The molecule has 0 saturated heterocycles. The number of hydrogen-bond acceptors (Lipinski definition) is 4. The van der Waals surface area contributed by atoms with E-state index in [1.807, 2.05) is 6.07 Å². The van der Waals surface area contributed by atoms with Crippen molar-refractivity contribution in [2.24, 2.45) is 0 Å². The number of nitrogens with zero attached hydrogens (tertiary/aromatic N) is 3. The van der Waals surface area contributed by atoms with Crippen LogP contribution in [0, 0.1) is 11.3 Å². The van der Waals surface area contributed by atoms with Gasteiger partial charge < -0.3 is 0 Å². The number of aromatic nitrogens is 2. The summed E-state index contributed by atoms with van der Waals surface area (Å²) in [5.41, 5.74) is 0.697. The molecule has 0 unspecified atom stereocenters. The minimum absolute atomic E-state index is 0.279. The van der Waals surface area contributed by atoms with Crippen LogP contribution in [0.5, 0.6) is 0 Å². The van der Waals surface area contributed by atoms with Gasteiger partial charge >= 0.3 is 0 Å². The molecule has 0 aliphatic heterocycles. The lowest BCUT2D eigenvalue weighted by Crippen LogP contribution is -1.85. The van der Waals surface area contributed by atoms with Gasteiger partial charge in [-0.15, -0.1) is 21.5 Å². The largest absolute Gasteiger partial charge is 0.192 e. The van der Waals surface area contributed by atoms with Gasteiger partial charge in [-0.25, -0.2) is 0 Å². The Morgan fingerprint density at radius 2 is 2.07 bits per heavy atom. The average Bonchev–Trinajstić information content (AvgIpc) is 2.70. The summed E-state index contributed by atoms with van der Waals surface area (Å²) in [7, 11) is 0. The first-order valence-electron chi connectivity index (χ1n) is 3.90. The van der Waals surface area contributed by atoms with Gasteiger partial charge in [0.1, 0.15) is 10.9 Å². The van der Waals surface area contributed by atoms with Crippen molar-refractivity contribution in [3.05, 3.63) is 33.4 Å². The molecule has 0 aliphatic carbocycles. The highest BCUT2D eigenvalue weighted by molar-refractivity contribution is 7.16. The van der Waals surface area contributed by atoms with Gasteiger partial charge in [-0.2, -0.15) is 5.26 Å². The molecule has 0 radical (unpaired) electrons. The van der Waals surface area contributed by atoms with Crippen molar-refractivity contribution in [1.82, 2.24) is 10.2 Å². The lowest BCUT2D eigenvalue weighted by molar-refractivity contribution is 1.03. The molecule has 3 nitrogen and oxygen atoms in total. The summed E-state index contributed by atoms with van der Waals surface area (Å²) >= 11 is 12.9. The second-order valence-electron chi connectivity index (χ2n) is 2.65. The Balaban J connectivity index is 2.54. The third-order valence-corrected chi connectivity index (χ3v) is 3.19. The maximum atomic E-state index is 8.70. The maximum Gasteiger partial charge on any atom is 0.160 e.